The molecule has 1 atom stereocenters. The lowest BCUT2D eigenvalue weighted by Gasteiger charge is -2.17. The third-order valence-electron chi connectivity index (χ3n) is 3.70. The molecule has 1 aromatic rings. The molecule has 4 nitrogen and oxygen atoms in total. The first-order valence-electron chi connectivity index (χ1n) is 7.32. The van der Waals surface area contributed by atoms with Crippen LogP contribution in [0.1, 0.15) is 48.2 Å². The van der Waals surface area contributed by atoms with Crippen LogP contribution in [0.3, 0.4) is 0 Å². The van der Waals surface area contributed by atoms with Gasteiger partial charge in [-0.3, -0.25) is 9.59 Å². The maximum absolute atomic E-state index is 12.2. The van der Waals surface area contributed by atoms with E-state index in [4.69, 9.17) is 0 Å². The van der Waals surface area contributed by atoms with E-state index >= 15 is 0 Å². The number of carbonyl (C=O) groups is 2. The third-order valence-corrected chi connectivity index (χ3v) is 3.70. The number of fused-ring (bicyclic) bond motifs is 1. The minimum absolute atomic E-state index is 0.154. The molecule has 20 heavy (non-hydrogen) atoms. The van der Waals surface area contributed by atoms with Gasteiger partial charge in [-0.2, -0.15) is 0 Å². The van der Waals surface area contributed by atoms with Crippen LogP contribution in [-0.2, 0) is 17.6 Å². The minimum atomic E-state index is -0.515. The molecule has 1 aliphatic carbocycles. The van der Waals surface area contributed by atoms with Crippen molar-refractivity contribution in [3.63, 3.8) is 0 Å². The summed E-state index contributed by atoms with van der Waals surface area (Å²) in [6, 6.07) is 5.34. The average Bonchev–Trinajstić information content (AvgIpc) is 2.46. The minimum Gasteiger partial charge on any atom is -0.355 e. The number of hydrogen-bond donors (Lipinski definition) is 2. The van der Waals surface area contributed by atoms with Crippen LogP contribution in [0.5, 0.6) is 0 Å². The Morgan fingerprint density at radius 2 is 1.90 bits per heavy atom. The van der Waals surface area contributed by atoms with Crippen LogP contribution in [0.25, 0.3) is 0 Å². The largest absolute Gasteiger partial charge is 0.355 e. The molecule has 0 unspecified atom stereocenters. The number of nitrogens with one attached hydrogen (secondary N) is 2. The van der Waals surface area contributed by atoms with Crippen molar-refractivity contribution in [1.82, 2.24) is 10.6 Å². The molecule has 0 heterocycles. The van der Waals surface area contributed by atoms with Crippen LogP contribution >= 0.6 is 0 Å². The van der Waals surface area contributed by atoms with Crippen molar-refractivity contribution in [2.24, 2.45) is 0 Å². The summed E-state index contributed by atoms with van der Waals surface area (Å²) in [4.78, 5) is 23.8. The highest BCUT2D eigenvalue weighted by molar-refractivity contribution is 5.97. The molecular formula is C16H22N2O2. The smallest absolute Gasteiger partial charge is 0.251 e. The molecule has 2 amide bonds. The summed E-state index contributed by atoms with van der Waals surface area (Å²) in [7, 11) is 0. The van der Waals surface area contributed by atoms with E-state index in [1.54, 1.807) is 6.92 Å². The first-order valence-corrected chi connectivity index (χ1v) is 7.32. The summed E-state index contributed by atoms with van der Waals surface area (Å²) in [5.41, 5.74) is 3.26. The first kappa shape index (κ1) is 14.6. The molecule has 1 aliphatic rings. The van der Waals surface area contributed by atoms with E-state index in [1.165, 1.54) is 24.0 Å². The number of rotatable bonds is 4. The van der Waals surface area contributed by atoms with Crippen molar-refractivity contribution in [2.45, 2.75) is 45.6 Å². The molecular weight excluding hydrogens is 252 g/mol. The average molecular weight is 274 g/mol. The van der Waals surface area contributed by atoms with Crippen molar-refractivity contribution in [1.29, 1.82) is 0 Å². The van der Waals surface area contributed by atoms with Crippen LogP contribution in [0.2, 0.25) is 0 Å². The molecule has 4 heteroatoms. The van der Waals surface area contributed by atoms with Gasteiger partial charge >= 0.3 is 0 Å². The van der Waals surface area contributed by atoms with Gasteiger partial charge in [-0.1, -0.05) is 6.07 Å². The zero-order valence-corrected chi connectivity index (χ0v) is 12.2. The quantitative estimate of drug-likeness (QED) is 0.880. The van der Waals surface area contributed by atoms with Crippen LogP contribution in [0, 0.1) is 0 Å². The van der Waals surface area contributed by atoms with Gasteiger partial charge in [0.15, 0.2) is 0 Å². The van der Waals surface area contributed by atoms with E-state index in [0.29, 0.717) is 12.1 Å². The summed E-state index contributed by atoms with van der Waals surface area (Å²) in [6.45, 7) is 4.12. The van der Waals surface area contributed by atoms with Gasteiger partial charge in [0.05, 0.1) is 0 Å². The SMILES string of the molecule is CCNC(=O)[C@@H](C)NC(=O)c1ccc2c(c1)CCCC2. The second-order valence-corrected chi connectivity index (χ2v) is 5.28. The molecule has 2 N–H and O–H groups in total. The number of carbonyl (C=O) groups excluding carboxylic acids is 2. The van der Waals surface area contributed by atoms with Gasteiger partial charge in [-0.05, 0) is 62.8 Å². The molecule has 1 aromatic carbocycles. The van der Waals surface area contributed by atoms with E-state index in [-0.39, 0.29) is 11.8 Å². The van der Waals surface area contributed by atoms with Gasteiger partial charge in [0.25, 0.3) is 5.91 Å². The molecule has 0 aromatic heterocycles. The Morgan fingerprint density at radius 1 is 1.20 bits per heavy atom. The van der Waals surface area contributed by atoms with E-state index < -0.39 is 6.04 Å². The molecule has 0 radical (unpaired) electrons. The maximum Gasteiger partial charge on any atom is 0.251 e. The summed E-state index contributed by atoms with van der Waals surface area (Å²) >= 11 is 0. The Bertz CT molecular complexity index is 511. The van der Waals surface area contributed by atoms with E-state index in [9.17, 15) is 9.59 Å². The topological polar surface area (TPSA) is 58.2 Å². The van der Waals surface area contributed by atoms with Gasteiger partial charge in [-0.25, -0.2) is 0 Å². The number of likely N-dealkylation sites (N-methyl/N-ethyl adjacent to an activating group) is 1. The fourth-order valence-electron chi connectivity index (χ4n) is 2.55. The van der Waals surface area contributed by atoms with Crippen molar-refractivity contribution in [3.8, 4) is 0 Å². The number of amides is 2. The van der Waals surface area contributed by atoms with Crippen LogP contribution in [-0.4, -0.2) is 24.4 Å². The van der Waals surface area contributed by atoms with Crippen molar-refractivity contribution < 1.29 is 9.59 Å². The highest BCUT2D eigenvalue weighted by atomic mass is 16.2. The van der Waals surface area contributed by atoms with Gasteiger partial charge in [0.1, 0.15) is 6.04 Å². The second-order valence-electron chi connectivity index (χ2n) is 5.28. The molecule has 0 saturated carbocycles. The summed E-state index contributed by atoms with van der Waals surface area (Å²) < 4.78 is 0. The zero-order chi connectivity index (χ0) is 14.5. The Kier molecular flexibility index (Phi) is 4.77. The Morgan fingerprint density at radius 3 is 2.60 bits per heavy atom. The van der Waals surface area contributed by atoms with Crippen LogP contribution < -0.4 is 10.6 Å². The third kappa shape index (κ3) is 3.38. The lowest BCUT2D eigenvalue weighted by atomic mass is 9.90. The second kappa shape index (κ2) is 6.55. The van der Waals surface area contributed by atoms with Gasteiger partial charge in [-0.15, -0.1) is 0 Å². The zero-order valence-electron chi connectivity index (χ0n) is 12.2. The fourth-order valence-corrected chi connectivity index (χ4v) is 2.55. The number of hydrogen-bond acceptors (Lipinski definition) is 2. The van der Waals surface area contributed by atoms with E-state index in [2.05, 4.69) is 10.6 Å². The highest BCUT2D eigenvalue weighted by Crippen LogP contribution is 2.22. The van der Waals surface area contributed by atoms with E-state index in [1.807, 2.05) is 25.1 Å². The standard InChI is InChI=1S/C16H22N2O2/c1-3-17-15(19)11(2)18-16(20)14-9-8-12-6-4-5-7-13(12)10-14/h8-11H,3-7H2,1-2H3,(H,17,19)(H,18,20)/t11-/m1/s1. The highest BCUT2D eigenvalue weighted by Gasteiger charge is 2.17. The normalized spacial score (nSPS) is 15.1. The molecule has 0 spiro atoms. The lowest BCUT2D eigenvalue weighted by molar-refractivity contribution is -0.122. The number of benzene rings is 1. The van der Waals surface area contributed by atoms with Crippen molar-refractivity contribution in [3.05, 3.63) is 34.9 Å². The lowest BCUT2D eigenvalue weighted by Crippen LogP contribution is -2.44. The summed E-state index contributed by atoms with van der Waals surface area (Å²) in [5.74, 6) is -0.337. The number of aryl methyl sites for hydroxylation is 2. The Hall–Kier alpha value is -1.84. The van der Waals surface area contributed by atoms with Crippen LogP contribution in [0.4, 0.5) is 0 Å². The predicted octanol–water partition coefficient (Wildman–Crippen LogP) is 1.82. The molecule has 0 aliphatic heterocycles. The van der Waals surface area contributed by atoms with Crippen molar-refractivity contribution in [2.75, 3.05) is 6.54 Å². The molecule has 0 saturated heterocycles. The molecule has 0 bridgehead atoms. The Balaban J connectivity index is 2.04. The maximum atomic E-state index is 12.2. The molecule has 108 valence electrons. The molecule has 0 fully saturated rings. The van der Waals surface area contributed by atoms with Gasteiger partial charge < -0.3 is 10.6 Å². The van der Waals surface area contributed by atoms with E-state index in [0.717, 1.165) is 12.8 Å². The van der Waals surface area contributed by atoms with Crippen LogP contribution in [0.15, 0.2) is 18.2 Å². The summed E-state index contributed by atoms with van der Waals surface area (Å²) in [6.07, 6.45) is 4.56. The fraction of sp³-hybridized carbons (Fsp3) is 0.500. The molecule has 2 rings (SSSR count). The Labute approximate surface area is 119 Å². The monoisotopic (exact) mass is 274 g/mol. The van der Waals surface area contributed by atoms with Gasteiger partial charge in [0.2, 0.25) is 5.91 Å². The predicted molar refractivity (Wildman–Crippen MR) is 78.7 cm³/mol. The van der Waals surface area contributed by atoms with Crippen molar-refractivity contribution >= 4 is 11.8 Å². The first-order chi connectivity index (χ1) is 9.61. The van der Waals surface area contributed by atoms with Gasteiger partial charge in [0, 0.05) is 12.1 Å². The summed E-state index contributed by atoms with van der Waals surface area (Å²) in [5, 5.41) is 5.43.